The normalized spacial score (nSPS) is 13.7. The first-order chi connectivity index (χ1) is 10.1. The van der Waals surface area contributed by atoms with Crippen LogP contribution in [0.4, 0.5) is 0 Å². The Hall–Kier alpha value is -2.28. The maximum Gasteiger partial charge on any atom is 0.318 e. The maximum atomic E-state index is 12.5. The summed E-state index contributed by atoms with van der Waals surface area (Å²) in [6.45, 7) is 2.17. The molecule has 1 atom stereocenters. The summed E-state index contributed by atoms with van der Waals surface area (Å²) in [6, 6.07) is 9.34. The summed E-state index contributed by atoms with van der Waals surface area (Å²) in [4.78, 5) is 13.9. The number of nitrogens with zero attached hydrogens (tertiary/aromatic N) is 4. The lowest BCUT2D eigenvalue weighted by Crippen LogP contribution is -2.46. The molecule has 7 nitrogen and oxygen atoms in total. The van der Waals surface area contributed by atoms with Crippen molar-refractivity contribution in [2.45, 2.75) is 18.8 Å². The highest BCUT2D eigenvalue weighted by molar-refractivity contribution is 5.84. The molecule has 0 aliphatic rings. The van der Waals surface area contributed by atoms with E-state index in [0.29, 0.717) is 12.4 Å². The average molecular weight is 289 g/mol. The van der Waals surface area contributed by atoms with Crippen LogP contribution >= 0.6 is 0 Å². The van der Waals surface area contributed by atoms with Crippen molar-refractivity contribution in [1.29, 1.82) is 0 Å². The van der Waals surface area contributed by atoms with E-state index >= 15 is 0 Å². The molecule has 0 fully saturated rings. The first kappa shape index (κ1) is 15.1. The fourth-order valence-corrected chi connectivity index (χ4v) is 2.26. The van der Waals surface area contributed by atoms with Crippen molar-refractivity contribution in [1.82, 2.24) is 20.2 Å². The molecule has 0 bridgehead atoms. The third-order valence-electron chi connectivity index (χ3n) is 3.35. The highest BCUT2D eigenvalue weighted by atomic mass is 16.5. The summed E-state index contributed by atoms with van der Waals surface area (Å²) in [6.07, 6.45) is 0.250. The lowest BCUT2D eigenvalue weighted by atomic mass is 9.77. The van der Waals surface area contributed by atoms with Gasteiger partial charge in [-0.05, 0) is 17.7 Å². The number of hydrogen-bond donors (Lipinski definition) is 1. The van der Waals surface area contributed by atoms with E-state index in [1.165, 1.54) is 4.80 Å². The highest BCUT2D eigenvalue weighted by Crippen LogP contribution is 2.28. The molecule has 0 radical (unpaired) electrons. The Morgan fingerprint density at radius 2 is 2.10 bits per heavy atom. The molecule has 0 amide bonds. The number of aromatic nitrogens is 4. The van der Waals surface area contributed by atoms with Gasteiger partial charge in [0, 0.05) is 13.0 Å². The molecular weight excluding hydrogens is 270 g/mol. The monoisotopic (exact) mass is 289 g/mol. The van der Waals surface area contributed by atoms with Crippen LogP contribution in [0.5, 0.6) is 0 Å². The van der Waals surface area contributed by atoms with Crippen molar-refractivity contribution in [3.05, 3.63) is 41.7 Å². The van der Waals surface area contributed by atoms with Crippen molar-refractivity contribution in [3.8, 4) is 0 Å². The smallest absolute Gasteiger partial charge is 0.318 e. The molecule has 112 valence electrons. The third kappa shape index (κ3) is 3.08. The molecule has 2 aromatic rings. The van der Waals surface area contributed by atoms with E-state index in [0.717, 1.165) is 5.56 Å². The zero-order valence-corrected chi connectivity index (χ0v) is 12.2. The van der Waals surface area contributed by atoms with Crippen LogP contribution < -0.4 is 5.73 Å². The zero-order valence-electron chi connectivity index (χ0n) is 12.2. The quantitative estimate of drug-likeness (QED) is 0.764. The van der Waals surface area contributed by atoms with Crippen molar-refractivity contribution in [2.24, 2.45) is 12.8 Å². The minimum atomic E-state index is -1.000. The van der Waals surface area contributed by atoms with Crippen molar-refractivity contribution >= 4 is 5.97 Å². The average Bonchev–Trinajstić information content (AvgIpc) is 2.91. The van der Waals surface area contributed by atoms with Gasteiger partial charge in [-0.15, -0.1) is 10.2 Å². The second kappa shape index (κ2) is 6.45. The molecule has 21 heavy (non-hydrogen) atoms. The van der Waals surface area contributed by atoms with E-state index in [1.807, 2.05) is 30.3 Å². The number of hydrogen-bond acceptors (Lipinski definition) is 6. The number of nitrogens with two attached hydrogens (primary N) is 1. The Morgan fingerprint density at radius 1 is 1.38 bits per heavy atom. The van der Waals surface area contributed by atoms with Gasteiger partial charge in [0.15, 0.2) is 5.82 Å². The molecule has 1 heterocycles. The van der Waals surface area contributed by atoms with Gasteiger partial charge in [0.1, 0.15) is 5.41 Å². The van der Waals surface area contributed by atoms with Gasteiger partial charge in [0.05, 0.1) is 13.7 Å². The van der Waals surface area contributed by atoms with Gasteiger partial charge in [-0.25, -0.2) is 0 Å². The topological polar surface area (TPSA) is 95.9 Å². The van der Waals surface area contributed by atoms with E-state index in [9.17, 15) is 4.79 Å². The molecule has 7 heteroatoms. The van der Waals surface area contributed by atoms with Gasteiger partial charge in [0.25, 0.3) is 0 Å². The molecule has 0 saturated heterocycles. The number of carbonyl (C=O) groups excluding carboxylic acids is 1. The van der Waals surface area contributed by atoms with Crippen LogP contribution in [0.2, 0.25) is 0 Å². The van der Waals surface area contributed by atoms with Crippen molar-refractivity contribution in [3.63, 3.8) is 0 Å². The van der Waals surface area contributed by atoms with Gasteiger partial charge in [0.2, 0.25) is 0 Å². The lowest BCUT2D eigenvalue weighted by molar-refractivity contribution is -0.150. The van der Waals surface area contributed by atoms with Crippen LogP contribution in [0.1, 0.15) is 18.3 Å². The van der Waals surface area contributed by atoms with Gasteiger partial charge < -0.3 is 10.5 Å². The van der Waals surface area contributed by atoms with Crippen LogP contribution in [0, 0.1) is 0 Å². The first-order valence-electron chi connectivity index (χ1n) is 6.78. The SMILES string of the molecule is CCOC(=O)C(CN)(Cc1nnn(C)n1)c1ccccc1. The number of rotatable bonds is 6. The number of ether oxygens (including phenoxy) is 1. The summed E-state index contributed by atoms with van der Waals surface area (Å²) in [7, 11) is 1.67. The minimum absolute atomic E-state index is 0.105. The van der Waals surface area contributed by atoms with Crippen molar-refractivity contribution < 1.29 is 9.53 Å². The van der Waals surface area contributed by atoms with Gasteiger partial charge in [-0.3, -0.25) is 4.79 Å². The predicted octanol–water partition coefficient (Wildman–Crippen LogP) is 0.212. The molecule has 1 aromatic heterocycles. The Balaban J connectivity index is 2.43. The van der Waals surface area contributed by atoms with E-state index in [1.54, 1.807) is 14.0 Å². The third-order valence-corrected chi connectivity index (χ3v) is 3.35. The Morgan fingerprint density at radius 3 is 2.62 bits per heavy atom. The Labute approximate surface area is 123 Å². The van der Waals surface area contributed by atoms with Gasteiger partial charge in [-0.2, -0.15) is 4.80 Å². The second-order valence-corrected chi connectivity index (χ2v) is 4.74. The van der Waals surface area contributed by atoms with Crippen LogP contribution in [0.3, 0.4) is 0 Å². The maximum absolute atomic E-state index is 12.5. The van der Waals surface area contributed by atoms with Crippen LogP contribution in [0.25, 0.3) is 0 Å². The molecule has 0 spiro atoms. The Kier molecular flexibility index (Phi) is 4.64. The summed E-state index contributed by atoms with van der Waals surface area (Å²) >= 11 is 0. The highest BCUT2D eigenvalue weighted by Gasteiger charge is 2.42. The van der Waals surface area contributed by atoms with Crippen LogP contribution in [-0.2, 0) is 28.4 Å². The first-order valence-corrected chi connectivity index (χ1v) is 6.78. The molecule has 0 aliphatic carbocycles. The standard InChI is InChI=1S/C14H19N5O2/c1-3-21-13(20)14(10-15,11-7-5-4-6-8-11)9-12-16-18-19(2)17-12/h4-8H,3,9-10,15H2,1-2H3. The number of aryl methyl sites for hydroxylation is 1. The van der Waals surface area contributed by atoms with E-state index in [-0.39, 0.29) is 18.9 Å². The minimum Gasteiger partial charge on any atom is -0.465 e. The molecule has 1 unspecified atom stereocenters. The molecular formula is C14H19N5O2. The lowest BCUT2D eigenvalue weighted by Gasteiger charge is -2.29. The van der Waals surface area contributed by atoms with Crippen LogP contribution in [0.15, 0.2) is 30.3 Å². The molecule has 1 aromatic carbocycles. The zero-order chi connectivity index (χ0) is 15.3. The number of tetrazole rings is 1. The van der Waals surface area contributed by atoms with E-state index in [2.05, 4.69) is 15.4 Å². The largest absolute Gasteiger partial charge is 0.465 e. The predicted molar refractivity (Wildman–Crippen MR) is 76.3 cm³/mol. The summed E-state index contributed by atoms with van der Waals surface area (Å²) in [5, 5.41) is 11.9. The summed E-state index contributed by atoms with van der Waals surface area (Å²) < 4.78 is 5.23. The number of esters is 1. The molecule has 0 saturated carbocycles. The second-order valence-electron chi connectivity index (χ2n) is 4.74. The van der Waals surface area contributed by atoms with Gasteiger partial charge in [-0.1, -0.05) is 30.3 Å². The fraction of sp³-hybridized carbons (Fsp3) is 0.429. The molecule has 2 N–H and O–H groups in total. The number of benzene rings is 1. The van der Waals surface area contributed by atoms with E-state index < -0.39 is 5.41 Å². The summed E-state index contributed by atoms with van der Waals surface area (Å²) in [5.74, 6) is 0.0889. The number of carbonyl (C=O) groups is 1. The van der Waals surface area contributed by atoms with Crippen LogP contribution in [-0.4, -0.2) is 39.3 Å². The van der Waals surface area contributed by atoms with E-state index in [4.69, 9.17) is 10.5 Å². The summed E-state index contributed by atoms with van der Waals surface area (Å²) in [5.41, 5.74) is 5.73. The Bertz CT molecular complexity index is 598. The fourth-order valence-electron chi connectivity index (χ4n) is 2.26. The van der Waals surface area contributed by atoms with Crippen molar-refractivity contribution in [2.75, 3.05) is 13.2 Å². The van der Waals surface area contributed by atoms with Gasteiger partial charge >= 0.3 is 5.97 Å². The molecule has 0 aliphatic heterocycles. The molecule has 2 rings (SSSR count).